The maximum atomic E-state index is 12.7. The molecule has 1 amide bonds. The van der Waals surface area contributed by atoms with Crippen LogP contribution in [0, 0.1) is 6.92 Å². The number of aryl methyl sites for hydroxylation is 1. The number of amides is 1. The lowest BCUT2D eigenvalue weighted by Crippen LogP contribution is -2.33. The first-order valence-electron chi connectivity index (χ1n) is 10.1. The van der Waals surface area contributed by atoms with Crippen LogP contribution in [0.4, 0.5) is 5.82 Å². The third-order valence-corrected chi connectivity index (χ3v) is 5.42. The average Bonchev–Trinajstić information content (AvgIpc) is 3.21. The van der Waals surface area contributed by atoms with Crippen LogP contribution in [-0.4, -0.2) is 30.7 Å². The Kier molecular flexibility index (Phi) is 5.20. The van der Waals surface area contributed by atoms with Gasteiger partial charge in [-0.1, -0.05) is 23.7 Å². The van der Waals surface area contributed by atoms with Crippen LogP contribution in [0.3, 0.4) is 0 Å². The van der Waals surface area contributed by atoms with Crippen molar-refractivity contribution < 1.29 is 14.7 Å². The fourth-order valence-corrected chi connectivity index (χ4v) is 3.67. The smallest absolute Gasteiger partial charge is 0.257 e. The minimum atomic E-state index is -0.336. The van der Waals surface area contributed by atoms with E-state index in [2.05, 4.69) is 15.4 Å². The van der Waals surface area contributed by atoms with Crippen molar-refractivity contribution in [2.24, 2.45) is 0 Å². The molecule has 0 fully saturated rings. The zero-order chi connectivity index (χ0) is 22.9. The van der Waals surface area contributed by atoms with Crippen LogP contribution in [0.15, 0.2) is 79.3 Å². The number of rotatable bonds is 4. The van der Waals surface area contributed by atoms with E-state index in [0.29, 0.717) is 27.7 Å². The maximum Gasteiger partial charge on any atom is 0.257 e. The number of hydrogen-bond donors (Lipinski definition) is 2. The summed E-state index contributed by atoms with van der Waals surface area (Å²) in [4.78, 5) is 21.8. The van der Waals surface area contributed by atoms with Gasteiger partial charge in [0.15, 0.2) is 5.65 Å². The van der Waals surface area contributed by atoms with Crippen molar-refractivity contribution in [2.45, 2.75) is 6.92 Å². The summed E-state index contributed by atoms with van der Waals surface area (Å²) in [6.07, 6.45) is 4.73. The van der Waals surface area contributed by atoms with E-state index in [9.17, 15) is 10.0 Å². The summed E-state index contributed by atoms with van der Waals surface area (Å²) in [5.41, 5.74) is 4.81. The molecule has 0 saturated carbocycles. The van der Waals surface area contributed by atoms with Crippen molar-refractivity contribution in [2.75, 3.05) is 5.32 Å². The first-order valence-corrected chi connectivity index (χ1v) is 10.5. The molecule has 2 N–H and O–H groups in total. The summed E-state index contributed by atoms with van der Waals surface area (Å²) in [5, 5.41) is 17.6. The Morgan fingerprint density at radius 3 is 2.67 bits per heavy atom. The second-order valence-corrected chi connectivity index (χ2v) is 7.83. The molecule has 0 unspecified atom stereocenters. The van der Waals surface area contributed by atoms with Gasteiger partial charge in [0.05, 0.1) is 11.3 Å². The molecule has 5 rings (SSSR count). The highest BCUT2D eigenvalue weighted by atomic mass is 35.5. The number of nitrogens with one attached hydrogen (secondary N) is 1. The van der Waals surface area contributed by atoms with E-state index in [1.165, 1.54) is 12.3 Å². The zero-order valence-corrected chi connectivity index (χ0v) is 18.2. The number of fused-ring (bicyclic) bond motifs is 1. The van der Waals surface area contributed by atoms with E-state index < -0.39 is 0 Å². The molecule has 1 aromatic carbocycles. The van der Waals surface area contributed by atoms with Gasteiger partial charge in [0.2, 0.25) is 11.9 Å². The molecule has 8 nitrogen and oxygen atoms in total. The monoisotopic (exact) mass is 457 g/mol. The van der Waals surface area contributed by atoms with Crippen molar-refractivity contribution in [3.63, 3.8) is 0 Å². The SMILES string of the molecule is Cc1cc(C(=O)Nc2cc(-c3c(-c4ccc(Cl)cc4)nc4cccnn34)ccn2)cc[n+]1O. The van der Waals surface area contributed by atoms with Gasteiger partial charge in [0.25, 0.3) is 5.91 Å². The van der Waals surface area contributed by atoms with Gasteiger partial charge in [0.1, 0.15) is 11.5 Å². The van der Waals surface area contributed by atoms with Crippen LogP contribution in [0.25, 0.3) is 28.2 Å². The summed E-state index contributed by atoms with van der Waals surface area (Å²) in [6, 6.07) is 17.9. The fourth-order valence-electron chi connectivity index (χ4n) is 3.54. The number of hydrogen-bond acceptors (Lipinski definition) is 5. The second kappa shape index (κ2) is 8.33. The van der Waals surface area contributed by atoms with Gasteiger partial charge in [0, 0.05) is 52.3 Å². The van der Waals surface area contributed by atoms with Crippen LogP contribution in [0.2, 0.25) is 5.02 Å². The summed E-state index contributed by atoms with van der Waals surface area (Å²) in [6.45, 7) is 1.70. The Morgan fingerprint density at radius 1 is 1.06 bits per heavy atom. The Labute approximate surface area is 193 Å². The van der Waals surface area contributed by atoms with Crippen molar-refractivity contribution in [1.82, 2.24) is 19.6 Å². The number of carbonyl (C=O) groups excluding carboxylic acids is 1. The lowest BCUT2D eigenvalue weighted by molar-refractivity contribution is -0.908. The maximum absolute atomic E-state index is 12.7. The number of benzene rings is 1. The zero-order valence-electron chi connectivity index (χ0n) is 17.5. The number of pyridine rings is 2. The van der Waals surface area contributed by atoms with E-state index in [0.717, 1.165) is 27.2 Å². The fraction of sp³-hybridized carbons (Fsp3) is 0.0417. The Bertz CT molecular complexity index is 1500. The third-order valence-electron chi connectivity index (χ3n) is 5.17. The number of aromatic nitrogens is 5. The van der Waals surface area contributed by atoms with E-state index >= 15 is 0 Å². The summed E-state index contributed by atoms with van der Waals surface area (Å²) in [5.74, 6) is 0.0429. The van der Waals surface area contributed by atoms with Crippen LogP contribution in [-0.2, 0) is 0 Å². The molecule has 0 saturated heterocycles. The Morgan fingerprint density at radius 2 is 1.88 bits per heavy atom. The molecule has 5 aromatic rings. The third kappa shape index (κ3) is 3.99. The van der Waals surface area contributed by atoms with Gasteiger partial charge in [-0.2, -0.15) is 5.10 Å². The molecular formula is C24H18ClN6O2+. The Balaban J connectivity index is 1.56. The number of carbonyl (C=O) groups is 1. The highest BCUT2D eigenvalue weighted by molar-refractivity contribution is 6.30. The lowest BCUT2D eigenvalue weighted by atomic mass is 10.1. The molecule has 0 aliphatic carbocycles. The van der Waals surface area contributed by atoms with Crippen molar-refractivity contribution in [3.05, 3.63) is 95.5 Å². The average molecular weight is 458 g/mol. The quantitative estimate of drug-likeness (QED) is 0.311. The summed E-state index contributed by atoms with van der Waals surface area (Å²) in [7, 11) is 0. The highest BCUT2D eigenvalue weighted by Crippen LogP contribution is 2.33. The molecule has 0 spiro atoms. The standard InChI is InChI=1S/C24H17ClN6O2/c1-15-13-18(9-12-30(15)33)24(32)28-20-14-17(8-11-26-20)23-22(16-4-6-19(25)7-5-16)29-21-3-2-10-27-31(21)23/h2-14H,1H3,(H-,26,28,32,33)/p+1. The van der Waals surface area contributed by atoms with E-state index in [1.807, 2.05) is 42.5 Å². The van der Waals surface area contributed by atoms with E-state index in [-0.39, 0.29) is 5.91 Å². The van der Waals surface area contributed by atoms with Gasteiger partial charge < -0.3 is 5.32 Å². The minimum absolute atomic E-state index is 0.336. The molecule has 4 heterocycles. The van der Waals surface area contributed by atoms with Crippen LogP contribution in [0.5, 0.6) is 0 Å². The predicted octanol–water partition coefficient (Wildman–Crippen LogP) is 4.20. The number of halogens is 1. The van der Waals surface area contributed by atoms with Crippen LogP contribution in [0.1, 0.15) is 16.1 Å². The molecule has 0 aliphatic rings. The molecule has 4 aromatic heterocycles. The van der Waals surface area contributed by atoms with Crippen LogP contribution >= 0.6 is 11.6 Å². The lowest BCUT2D eigenvalue weighted by Gasteiger charge is -2.08. The first kappa shape index (κ1) is 20.6. The Hall–Kier alpha value is -4.30. The van der Waals surface area contributed by atoms with Gasteiger partial charge in [-0.25, -0.2) is 14.5 Å². The number of nitrogens with zero attached hydrogens (tertiary/aromatic N) is 5. The number of imidazole rings is 1. The van der Waals surface area contributed by atoms with Crippen molar-refractivity contribution >= 4 is 29.0 Å². The summed E-state index contributed by atoms with van der Waals surface area (Å²) >= 11 is 6.07. The molecule has 0 bridgehead atoms. The minimum Gasteiger partial charge on any atom is -0.307 e. The largest absolute Gasteiger partial charge is 0.307 e. The highest BCUT2D eigenvalue weighted by Gasteiger charge is 2.18. The summed E-state index contributed by atoms with van der Waals surface area (Å²) < 4.78 is 2.71. The van der Waals surface area contributed by atoms with Crippen molar-refractivity contribution in [3.8, 4) is 22.5 Å². The molecule has 0 atom stereocenters. The molecule has 162 valence electrons. The van der Waals surface area contributed by atoms with E-state index in [1.54, 1.807) is 36.0 Å². The van der Waals surface area contributed by atoms with Gasteiger partial charge in [-0.15, -0.1) is 0 Å². The first-order chi connectivity index (χ1) is 16.0. The van der Waals surface area contributed by atoms with Gasteiger partial charge in [-0.05, 0) is 36.4 Å². The molecule has 9 heteroatoms. The number of anilines is 1. The predicted molar refractivity (Wildman–Crippen MR) is 123 cm³/mol. The second-order valence-electron chi connectivity index (χ2n) is 7.39. The normalized spacial score (nSPS) is 11.0. The molecule has 33 heavy (non-hydrogen) atoms. The van der Waals surface area contributed by atoms with E-state index in [4.69, 9.17) is 16.6 Å². The molecular weight excluding hydrogens is 440 g/mol. The van der Waals surface area contributed by atoms with Gasteiger partial charge in [-0.3, -0.25) is 10.0 Å². The topological polar surface area (TPSA) is 96.3 Å². The molecule has 0 aliphatic heterocycles. The van der Waals surface area contributed by atoms with Crippen LogP contribution < -0.4 is 10.0 Å². The van der Waals surface area contributed by atoms with Gasteiger partial charge >= 0.3 is 0 Å². The van der Waals surface area contributed by atoms with Crippen molar-refractivity contribution in [1.29, 1.82) is 0 Å². The molecule has 0 radical (unpaired) electrons.